The number of halogens is 1. The molecule has 7 heteroatoms. The highest BCUT2D eigenvalue weighted by Gasteiger charge is 2.26. The molecule has 0 saturated carbocycles. The summed E-state index contributed by atoms with van der Waals surface area (Å²) in [6.45, 7) is 16.3. The number of aliphatic carboxylic acids is 1. The van der Waals surface area contributed by atoms with Gasteiger partial charge in [-0.1, -0.05) is 11.6 Å². The average molecular weight is 498 g/mol. The van der Waals surface area contributed by atoms with Gasteiger partial charge in [0.2, 0.25) is 0 Å². The molecule has 1 fully saturated rings. The van der Waals surface area contributed by atoms with Crippen LogP contribution in [0.3, 0.4) is 0 Å². The number of carbonyl (C=O) groups is 1. The first-order valence-electron chi connectivity index (χ1n) is 12.4. The molecule has 0 amide bonds. The van der Waals surface area contributed by atoms with Gasteiger partial charge in [0.1, 0.15) is 17.0 Å². The number of rotatable bonds is 7. The Morgan fingerprint density at radius 2 is 1.83 bits per heavy atom. The molecule has 1 N–H and O–H groups in total. The molecule has 4 rings (SSSR count). The summed E-state index contributed by atoms with van der Waals surface area (Å²) in [6.07, 6.45) is 2.41. The number of likely N-dealkylation sites (tertiary alicyclic amines) is 1. The molecule has 35 heavy (non-hydrogen) atoms. The lowest BCUT2D eigenvalue weighted by molar-refractivity contribution is -0.136. The summed E-state index contributed by atoms with van der Waals surface area (Å²) in [4.78, 5) is 19.4. The van der Waals surface area contributed by atoms with E-state index in [-0.39, 0.29) is 6.42 Å². The minimum absolute atomic E-state index is 0.112. The minimum Gasteiger partial charge on any atom is -0.487 e. The number of pyridine rings is 1. The molecule has 0 unspecified atom stereocenters. The third-order valence-corrected chi connectivity index (χ3v) is 7.09. The second-order valence-electron chi connectivity index (χ2n) is 10.6. The Morgan fingerprint density at radius 3 is 2.46 bits per heavy atom. The maximum absolute atomic E-state index is 11.9. The number of benzene rings is 1. The van der Waals surface area contributed by atoms with Crippen LogP contribution in [0.4, 0.5) is 0 Å². The van der Waals surface area contributed by atoms with Crippen LogP contribution in [0, 0.1) is 20.8 Å². The van der Waals surface area contributed by atoms with Crippen molar-refractivity contribution in [2.75, 3.05) is 19.6 Å². The summed E-state index contributed by atoms with van der Waals surface area (Å²) in [5.41, 5.74) is 5.90. The van der Waals surface area contributed by atoms with Crippen molar-refractivity contribution in [2.45, 2.75) is 73.0 Å². The largest absolute Gasteiger partial charge is 0.487 e. The quantitative estimate of drug-likeness (QED) is 0.422. The normalized spacial score (nSPS) is 14.7. The number of ether oxygens (including phenoxy) is 1. The number of hydrogen-bond acceptors (Lipinski definition) is 4. The molecule has 1 saturated heterocycles. The number of nitrogens with zero attached hydrogens (tertiary/aromatic N) is 3. The van der Waals surface area contributed by atoms with Gasteiger partial charge < -0.3 is 19.3 Å². The highest BCUT2D eigenvalue weighted by molar-refractivity contribution is 6.30. The van der Waals surface area contributed by atoms with Gasteiger partial charge >= 0.3 is 5.97 Å². The second-order valence-corrected chi connectivity index (χ2v) is 11.0. The molecule has 2 aromatic heterocycles. The fourth-order valence-corrected chi connectivity index (χ4v) is 5.28. The van der Waals surface area contributed by atoms with Gasteiger partial charge in [-0.25, -0.2) is 4.98 Å². The average Bonchev–Trinajstić information content (AvgIpc) is 3.34. The highest BCUT2D eigenvalue weighted by atomic mass is 35.5. The lowest BCUT2D eigenvalue weighted by atomic mass is 9.92. The van der Waals surface area contributed by atoms with Gasteiger partial charge in [0.25, 0.3) is 0 Å². The Hall–Kier alpha value is -2.57. The number of carboxylic acids is 1. The van der Waals surface area contributed by atoms with E-state index >= 15 is 0 Å². The van der Waals surface area contributed by atoms with E-state index < -0.39 is 11.6 Å². The van der Waals surface area contributed by atoms with Crippen LogP contribution >= 0.6 is 11.6 Å². The molecule has 3 aromatic rings. The van der Waals surface area contributed by atoms with Crippen molar-refractivity contribution in [1.29, 1.82) is 0 Å². The van der Waals surface area contributed by atoms with E-state index in [9.17, 15) is 9.90 Å². The van der Waals surface area contributed by atoms with Crippen molar-refractivity contribution < 1.29 is 14.6 Å². The van der Waals surface area contributed by atoms with Crippen molar-refractivity contribution in [3.05, 3.63) is 45.7 Å². The molecule has 0 spiro atoms. The Balaban J connectivity index is 1.98. The fourth-order valence-electron chi connectivity index (χ4n) is 5.12. The molecule has 0 atom stereocenters. The molecular formula is C28H36ClN3O3. The molecular weight excluding hydrogens is 462 g/mol. The molecule has 3 heterocycles. The van der Waals surface area contributed by atoms with E-state index in [1.807, 2.05) is 45.9 Å². The van der Waals surface area contributed by atoms with Crippen molar-refractivity contribution in [3.8, 4) is 16.9 Å². The van der Waals surface area contributed by atoms with Crippen LogP contribution in [0.25, 0.3) is 22.2 Å². The van der Waals surface area contributed by atoms with Gasteiger partial charge in [0.15, 0.2) is 0 Å². The summed E-state index contributed by atoms with van der Waals surface area (Å²) in [5.74, 6) is -0.240. The smallest absolute Gasteiger partial charge is 0.307 e. The lowest BCUT2D eigenvalue weighted by Crippen LogP contribution is -2.24. The predicted molar refractivity (Wildman–Crippen MR) is 142 cm³/mol. The van der Waals surface area contributed by atoms with Gasteiger partial charge in [-0.05, 0) is 96.8 Å². The van der Waals surface area contributed by atoms with Crippen LogP contribution in [0.5, 0.6) is 5.75 Å². The van der Waals surface area contributed by atoms with Crippen molar-refractivity contribution in [3.63, 3.8) is 0 Å². The number of aromatic nitrogens is 2. The first kappa shape index (κ1) is 25.5. The molecule has 6 nitrogen and oxygen atoms in total. The van der Waals surface area contributed by atoms with E-state index in [1.165, 1.54) is 12.8 Å². The van der Waals surface area contributed by atoms with Gasteiger partial charge in [0.05, 0.1) is 6.42 Å². The van der Waals surface area contributed by atoms with Gasteiger partial charge in [-0.15, -0.1) is 0 Å². The zero-order chi connectivity index (χ0) is 25.5. The first-order chi connectivity index (χ1) is 16.5. The zero-order valence-electron chi connectivity index (χ0n) is 21.7. The Kier molecular flexibility index (Phi) is 7.16. The van der Waals surface area contributed by atoms with Crippen molar-refractivity contribution in [2.24, 2.45) is 0 Å². The zero-order valence-corrected chi connectivity index (χ0v) is 22.4. The maximum Gasteiger partial charge on any atom is 0.307 e. The van der Waals surface area contributed by atoms with Crippen LogP contribution in [0.2, 0.25) is 5.02 Å². The summed E-state index contributed by atoms with van der Waals surface area (Å²) in [7, 11) is 0. The van der Waals surface area contributed by atoms with Gasteiger partial charge in [0, 0.05) is 46.0 Å². The third-order valence-electron chi connectivity index (χ3n) is 6.86. The van der Waals surface area contributed by atoms with E-state index in [0.717, 1.165) is 65.3 Å². The highest BCUT2D eigenvalue weighted by Crippen LogP contribution is 2.43. The van der Waals surface area contributed by atoms with Gasteiger partial charge in [-0.3, -0.25) is 4.79 Å². The maximum atomic E-state index is 11.9. The SMILES string of the molecule is Cc1nc2c(c(C)c(C)n2CCN2CCCC2)c(-c2ccc(Cl)cc2OC(C)(C)C)c1CC(=O)O. The predicted octanol–water partition coefficient (Wildman–Crippen LogP) is 6.18. The Morgan fingerprint density at radius 1 is 1.14 bits per heavy atom. The Bertz CT molecular complexity index is 1270. The van der Waals surface area contributed by atoms with Gasteiger partial charge in [-0.2, -0.15) is 0 Å². The van der Waals surface area contributed by atoms with Crippen LogP contribution in [-0.4, -0.2) is 50.8 Å². The minimum atomic E-state index is -0.884. The molecule has 0 bridgehead atoms. The third kappa shape index (κ3) is 5.34. The van der Waals surface area contributed by atoms with E-state index in [4.69, 9.17) is 21.3 Å². The molecule has 1 aliphatic rings. The number of carboxylic acid groups (broad SMARTS) is 1. The first-order valence-corrected chi connectivity index (χ1v) is 12.8. The number of fused-ring (bicyclic) bond motifs is 1. The number of aryl methyl sites for hydroxylation is 2. The van der Waals surface area contributed by atoms with Crippen LogP contribution in [0.15, 0.2) is 18.2 Å². The molecule has 1 aromatic carbocycles. The molecule has 1 aliphatic heterocycles. The molecule has 0 aliphatic carbocycles. The van der Waals surface area contributed by atoms with E-state index in [1.54, 1.807) is 0 Å². The lowest BCUT2D eigenvalue weighted by Gasteiger charge is -2.25. The van der Waals surface area contributed by atoms with E-state index in [2.05, 4.69) is 23.3 Å². The summed E-state index contributed by atoms with van der Waals surface area (Å²) >= 11 is 6.38. The van der Waals surface area contributed by atoms with Crippen LogP contribution in [0.1, 0.15) is 56.1 Å². The standard InChI is InChI=1S/C28H36ClN3O3/c1-17-19(3)32(14-13-31-11-7-8-12-31)27-25(17)26(22(16-24(33)34)18(2)30-27)21-10-9-20(29)15-23(21)35-28(4,5)6/h9-10,15H,7-8,11-14,16H2,1-6H3,(H,33,34). The summed E-state index contributed by atoms with van der Waals surface area (Å²) in [5, 5.41) is 11.3. The summed E-state index contributed by atoms with van der Waals surface area (Å²) in [6, 6.07) is 5.60. The van der Waals surface area contributed by atoms with Crippen LogP contribution < -0.4 is 4.74 Å². The summed E-state index contributed by atoms with van der Waals surface area (Å²) < 4.78 is 8.64. The topological polar surface area (TPSA) is 67.6 Å². The monoisotopic (exact) mass is 497 g/mol. The Labute approximate surface area is 212 Å². The fraction of sp³-hybridized carbons (Fsp3) is 0.500. The molecule has 0 radical (unpaired) electrons. The number of hydrogen-bond donors (Lipinski definition) is 1. The molecule has 188 valence electrons. The van der Waals surface area contributed by atoms with Crippen LogP contribution in [-0.2, 0) is 17.8 Å². The van der Waals surface area contributed by atoms with Crippen molar-refractivity contribution in [1.82, 2.24) is 14.5 Å². The van der Waals surface area contributed by atoms with E-state index in [0.29, 0.717) is 16.3 Å². The second kappa shape index (κ2) is 9.82. The van der Waals surface area contributed by atoms with Crippen molar-refractivity contribution >= 4 is 28.6 Å².